The molecule has 7 nitrogen and oxygen atoms in total. The van der Waals surface area contributed by atoms with Crippen LogP contribution in [0.2, 0.25) is 0 Å². The first-order chi connectivity index (χ1) is 8.84. The molecule has 0 bridgehead atoms. The molecular formula is C12H23N3O4. The maximum Gasteiger partial charge on any atom is 0.317 e. The summed E-state index contributed by atoms with van der Waals surface area (Å²) in [6.45, 7) is 2.94. The van der Waals surface area contributed by atoms with Crippen LogP contribution >= 0.6 is 0 Å². The van der Waals surface area contributed by atoms with E-state index in [1.807, 2.05) is 25.9 Å². The monoisotopic (exact) mass is 273 g/mol. The van der Waals surface area contributed by atoms with E-state index in [0.717, 1.165) is 0 Å². The maximum atomic E-state index is 12.0. The van der Waals surface area contributed by atoms with Gasteiger partial charge in [0.05, 0.1) is 19.3 Å². The third-order valence-corrected chi connectivity index (χ3v) is 3.62. The molecule has 2 amide bonds. The molecule has 0 aromatic heterocycles. The average molecular weight is 273 g/mol. The highest BCUT2D eigenvalue weighted by Gasteiger charge is 2.38. The van der Waals surface area contributed by atoms with E-state index < -0.39 is 17.9 Å². The quantitative estimate of drug-likeness (QED) is 0.717. The fraction of sp³-hybridized carbons (Fsp3) is 0.833. The number of hydrogen-bond acceptors (Lipinski definition) is 4. The van der Waals surface area contributed by atoms with Gasteiger partial charge < -0.3 is 25.0 Å². The number of rotatable bonds is 5. The number of amides is 2. The van der Waals surface area contributed by atoms with Gasteiger partial charge in [0.25, 0.3) is 0 Å². The van der Waals surface area contributed by atoms with Gasteiger partial charge in [0.1, 0.15) is 5.92 Å². The van der Waals surface area contributed by atoms with E-state index >= 15 is 0 Å². The Labute approximate surface area is 113 Å². The molecule has 1 rings (SSSR count). The average Bonchev–Trinajstić information content (AvgIpc) is 2.83. The predicted octanol–water partition coefficient (Wildman–Crippen LogP) is -0.322. The number of carboxylic acid groups (broad SMARTS) is 1. The molecule has 0 spiro atoms. The third kappa shape index (κ3) is 4.07. The van der Waals surface area contributed by atoms with Crippen molar-refractivity contribution >= 4 is 12.0 Å². The van der Waals surface area contributed by atoms with Crippen LogP contribution in [0.15, 0.2) is 0 Å². The third-order valence-electron chi connectivity index (χ3n) is 3.62. The van der Waals surface area contributed by atoms with Crippen molar-refractivity contribution in [1.82, 2.24) is 15.1 Å². The van der Waals surface area contributed by atoms with Crippen molar-refractivity contribution in [3.63, 3.8) is 0 Å². The van der Waals surface area contributed by atoms with Crippen LogP contribution in [0.4, 0.5) is 4.79 Å². The molecule has 7 heteroatoms. The van der Waals surface area contributed by atoms with Gasteiger partial charge in [-0.2, -0.15) is 0 Å². The summed E-state index contributed by atoms with van der Waals surface area (Å²) in [6, 6.07) is -0.463. The summed E-state index contributed by atoms with van der Waals surface area (Å²) in [7, 11) is 5.47. The highest BCUT2D eigenvalue weighted by molar-refractivity contribution is 5.77. The van der Waals surface area contributed by atoms with Crippen LogP contribution < -0.4 is 5.32 Å². The molecule has 1 saturated heterocycles. The molecule has 3 unspecified atom stereocenters. The number of likely N-dealkylation sites (N-methyl/N-ethyl adjacent to an activating group) is 2. The first kappa shape index (κ1) is 15.7. The van der Waals surface area contributed by atoms with E-state index in [-0.39, 0.29) is 25.3 Å². The Hall–Kier alpha value is -1.34. The Bertz CT molecular complexity index is 335. The number of nitrogens with one attached hydrogen (secondary N) is 1. The van der Waals surface area contributed by atoms with Crippen LogP contribution in [0.5, 0.6) is 0 Å². The summed E-state index contributed by atoms with van der Waals surface area (Å²) in [4.78, 5) is 26.4. The Morgan fingerprint density at radius 1 is 1.37 bits per heavy atom. The second-order valence-electron chi connectivity index (χ2n) is 5.16. The Balaban J connectivity index is 2.50. The summed E-state index contributed by atoms with van der Waals surface area (Å²) < 4.78 is 5.16. The minimum absolute atomic E-state index is 0.158. The van der Waals surface area contributed by atoms with Crippen molar-refractivity contribution < 1.29 is 19.4 Å². The van der Waals surface area contributed by atoms with Crippen LogP contribution in [0.25, 0.3) is 0 Å². The molecular weight excluding hydrogens is 250 g/mol. The molecule has 0 aromatic rings. The highest BCUT2D eigenvalue weighted by atomic mass is 16.5. The van der Waals surface area contributed by atoms with Crippen molar-refractivity contribution in [2.75, 3.05) is 40.9 Å². The predicted molar refractivity (Wildman–Crippen MR) is 70.0 cm³/mol. The zero-order valence-electron chi connectivity index (χ0n) is 11.9. The number of carbonyl (C=O) groups excluding carboxylic acids is 1. The zero-order chi connectivity index (χ0) is 14.6. The van der Waals surface area contributed by atoms with E-state index in [1.165, 1.54) is 4.90 Å². The Kier molecular flexibility index (Phi) is 5.56. The summed E-state index contributed by atoms with van der Waals surface area (Å²) in [6.07, 6.45) is 0. The topological polar surface area (TPSA) is 82.1 Å². The lowest BCUT2D eigenvalue weighted by Gasteiger charge is -2.28. The summed E-state index contributed by atoms with van der Waals surface area (Å²) in [5.41, 5.74) is 0. The fourth-order valence-electron chi connectivity index (χ4n) is 1.85. The summed E-state index contributed by atoms with van der Waals surface area (Å²) in [5, 5.41) is 11.9. The molecule has 19 heavy (non-hydrogen) atoms. The molecule has 0 aliphatic carbocycles. The second-order valence-corrected chi connectivity index (χ2v) is 5.16. The van der Waals surface area contributed by atoms with Gasteiger partial charge in [-0.3, -0.25) is 4.79 Å². The molecule has 3 atom stereocenters. The number of carbonyl (C=O) groups is 2. The van der Waals surface area contributed by atoms with Crippen molar-refractivity contribution in [3.8, 4) is 0 Å². The van der Waals surface area contributed by atoms with Crippen LogP contribution in [0.3, 0.4) is 0 Å². The number of urea groups is 1. The molecule has 1 aliphatic rings. The number of carboxylic acids is 1. The fourth-order valence-corrected chi connectivity index (χ4v) is 1.85. The van der Waals surface area contributed by atoms with E-state index in [4.69, 9.17) is 9.84 Å². The zero-order valence-corrected chi connectivity index (χ0v) is 11.9. The minimum Gasteiger partial charge on any atom is -0.481 e. The Morgan fingerprint density at radius 2 is 2.00 bits per heavy atom. The van der Waals surface area contributed by atoms with E-state index in [1.54, 1.807) is 7.05 Å². The highest BCUT2D eigenvalue weighted by Crippen LogP contribution is 2.18. The van der Waals surface area contributed by atoms with Gasteiger partial charge in [0.2, 0.25) is 0 Å². The van der Waals surface area contributed by atoms with Gasteiger partial charge in [-0.05, 0) is 21.0 Å². The summed E-state index contributed by atoms with van der Waals surface area (Å²) >= 11 is 0. The van der Waals surface area contributed by atoms with Gasteiger partial charge in [-0.25, -0.2) is 4.79 Å². The summed E-state index contributed by atoms with van der Waals surface area (Å²) in [5.74, 6) is -1.58. The minimum atomic E-state index is -0.927. The van der Waals surface area contributed by atoms with Gasteiger partial charge in [0, 0.05) is 19.6 Å². The molecule has 110 valence electrons. The van der Waals surface area contributed by atoms with Crippen molar-refractivity contribution in [1.29, 1.82) is 0 Å². The van der Waals surface area contributed by atoms with Crippen molar-refractivity contribution in [3.05, 3.63) is 0 Å². The Morgan fingerprint density at radius 3 is 2.53 bits per heavy atom. The van der Waals surface area contributed by atoms with E-state index in [2.05, 4.69) is 5.32 Å². The molecule has 0 radical (unpaired) electrons. The van der Waals surface area contributed by atoms with Crippen molar-refractivity contribution in [2.45, 2.75) is 19.0 Å². The van der Waals surface area contributed by atoms with Gasteiger partial charge >= 0.3 is 12.0 Å². The smallest absolute Gasteiger partial charge is 0.317 e. The number of nitrogens with zero attached hydrogens (tertiary/aromatic N) is 2. The number of ether oxygens (including phenoxy) is 1. The van der Waals surface area contributed by atoms with Gasteiger partial charge in [-0.1, -0.05) is 0 Å². The van der Waals surface area contributed by atoms with E-state index in [0.29, 0.717) is 6.54 Å². The normalized spacial score (nSPS) is 24.3. The SMILES string of the molecule is CC(CNC(=O)N(C)C1COCC1C(=O)O)N(C)C. The maximum absolute atomic E-state index is 12.0. The van der Waals surface area contributed by atoms with E-state index in [9.17, 15) is 9.59 Å². The standard InChI is InChI=1S/C12H23N3O4/c1-8(14(2)3)5-13-12(18)15(4)10-7-19-6-9(10)11(16)17/h8-10H,5-7H2,1-4H3,(H,13,18)(H,16,17). The van der Waals surface area contributed by atoms with Gasteiger partial charge in [0.15, 0.2) is 0 Å². The van der Waals surface area contributed by atoms with Crippen LogP contribution in [0, 0.1) is 5.92 Å². The first-order valence-corrected chi connectivity index (χ1v) is 6.32. The number of aliphatic carboxylic acids is 1. The lowest BCUT2D eigenvalue weighted by Crippen LogP contribution is -2.50. The molecule has 1 aliphatic heterocycles. The lowest BCUT2D eigenvalue weighted by atomic mass is 10.0. The number of hydrogen-bond donors (Lipinski definition) is 2. The van der Waals surface area contributed by atoms with Crippen LogP contribution in [-0.4, -0.2) is 79.9 Å². The molecule has 2 N–H and O–H groups in total. The van der Waals surface area contributed by atoms with Crippen molar-refractivity contribution in [2.24, 2.45) is 5.92 Å². The molecule has 1 fully saturated rings. The van der Waals surface area contributed by atoms with Crippen LogP contribution in [0.1, 0.15) is 6.92 Å². The first-order valence-electron chi connectivity index (χ1n) is 6.32. The van der Waals surface area contributed by atoms with Gasteiger partial charge in [-0.15, -0.1) is 0 Å². The molecule has 1 heterocycles. The largest absolute Gasteiger partial charge is 0.481 e. The lowest BCUT2D eigenvalue weighted by molar-refractivity contribution is -0.142. The van der Waals surface area contributed by atoms with Crippen LogP contribution in [-0.2, 0) is 9.53 Å². The second kappa shape index (κ2) is 6.72. The molecule has 0 saturated carbocycles. The molecule has 0 aromatic carbocycles.